The second-order valence-corrected chi connectivity index (χ2v) is 7.07. The van der Waals surface area contributed by atoms with E-state index in [9.17, 15) is 4.79 Å². The largest absolute Gasteiger partial charge is 0.354 e. The summed E-state index contributed by atoms with van der Waals surface area (Å²) in [6.07, 6.45) is 8.08. The first-order valence-electron chi connectivity index (χ1n) is 9.14. The summed E-state index contributed by atoms with van der Waals surface area (Å²) in [6, 6.07) is 6.24. The lowest BCUT2D eigenvalue weighted by atomic mass is 10.0. The van der Waals surface area contributed by atoms with E-state index >= 15 is 0 Å². The van der Waals surface area contributed by atoms with Crippen LogP contribution in [0.2, 0.25) is 0 Å². The van der Waals surface area contributed by atoms with Gasteiger partial charge in [-0.2, -0.15) is 0 Å². The lowest BCUT2D eigenvalue weighted by Gasteiger charge is -2.20. The third-order valence-corrected chi connectivity index (χ3v) is 4.82. The Hall–Kier alpha value is -2.36. The van der Waals surface area contributed by atoms with Gasteiger partial charge in [-0.25, -0.2) is 0 Å². The van der Waals surface area contributed by atoms with E-state index < -0.39 is 0 Å². The molecular weight excluding hydrogens is 310 g/mol. The van der Waals surface area contributed by atoms with Crippen LogP contribution >= 0.6 is 0 Å². The normalized spacial score (nSPS) is 14.9. The quantitative estimate of drug-likeness (QED) is 0.878. The Kier molecular flexibility index (Phi) is 5.37. The third-order valence-electron chi connectivity index (χ3n) is 4.82. The molecule has 0 bridgehead atoms. The SMILES string of the molecule is Cc1cc(C)c(Nc2cncc(C(=O)N3CCCCCC3)c2)c(C)c1. The van der Waals surface area contributed by atoms with Crippen LogP contribution in [-0.4, -0.2) is 28.9 Å². The first-order valence-corrected chi connectivity index (χ1v) is 9.14. The van der Waals surface area contributed by atoms with Gasteiger partial charge in [0.1, 0.15) is 0 Å². The third kappa shape index (κ3) is 4.19. The molecule has 4 heteroatoms. The number of hydrogen-bond donors (Lipinski definition) is 1. The zero-order chi connectivity index (χ0) is 17.8. The standard InChI is InChI=1S/C21H27N3O/c1-15-10-16(2)20(17(3)11-15)23-19-12-18(13-22-14-19)21(25)24-8-6-4-5-7-9-24/h10-14,23H,4-9H2,1-3H3. The minimum atomic E-state index is 0.0930. The van der Waals surface area contributed by atoms with Crippen molar-refractivity contribution in [3.8, 4) is 0 Å². The van der Waals surface area contributed by atoms with Gasteiger partial charge in [0.25, 0.3) is 5.91 Å². The van der Waals surface area contributed by atoms with Gasteiger partial charge in [0.05, 0.1) is 17.4 Å². The first kappa shape index (κ1) is 17.5. The lowest BCUT2D eigenvalue weighted by molar-refractivity contribution is 0.0761. The van der Waals surface area contributed by atoms with Crippen molar-refractivity contribution in [2.45, 2.75) is 46.5 Å². The summed E-state index contributed by atoms with van der Waals surface area (Å²) in [5.74, 6) is 0.0930. The summed E-state index contributed by atoms with van der Waals surface area (Å²) in [5.41, 5.74) is 6.25. The fourth-order valence-electron chi connectivity index (χ4n) is 3.60. The van der Waals surface area contributed by atoms with Gasteiger partial charge < -0.3 is 10.2 Å². The maximum atomic E-state index is 12.8. The average Bonchev–Trinajstić information content (AvgIpc) is 2.87. The highest BCUT2D eigenvalue weighted by atomic mass is 16.2. The van der Waals surface area contributed by atoms with Crippen molar-refractivity contribution in [2.75, 3.05) is 18.4 Å². The number of aromatic nitrogens is 1. The molecule has 2 aromatic rings. The van der Waals surface area contributed by atoms with Crippen molar-refractivity contribution < 1.29 is 4.79 Å². The number of nitrogens with zero attached hydrogens (tertiary/aromatic N) is 2. The molecule has 0 spiro atoms. The van der Waals surface area contributed by atoms with Gasteiger partial charge >= 0.3 is 0 Å². The van der Waals surface area contributed by atoms with E-state index in [1.807, 2.05) is 11.0 Å². The fourth-order valence-corrected chi connectivity index (χ4v) is 3.60. The fraction of sp³-hybridized carbons (Fsp3) is 0.429. The van der Waals surface area contributed by atoms with Crippen LogP contribution in [-0.2, 0) is 0 Å². The van der Waals surface area contributed by atoms with Crippen molar-refractivity contribution in [3.05, 3.63) is 52.8 Å². The molecule has 3 rings (SSSR count). The zero-order valence-electron chi connectivity index (χ0n) is 15.4. The summed E-state index contributed by atoms with van der Waals surface area (Å²) < 4.78 is 0. The predicted molar refractivity (Wildman–Crippen MR) is 103 cm³/mol. The Morgan fingerprint density at radius 3 is 2.24 bits per heavy atom. The van der Waals surface area contributed by atoms with Gasteiger partial charge in [0.15, 0.2) is 0 Å². The molecule has 1 fully saturated rings. The van der Waals surface area contributed by atoms with Gasteiger partial charge in [-0.1, -0.05) is 30.5 Å². The van der Waals surface area contributed by atoms with Crippen LogP contribution in [0.15, 0.2) is 30.6 Å². The molecular formula is C21H27N3O. The van der Waals surface area contributed by atoms with Crippen LogP contribution in [0.5, 0.6) is 0 Å². The molecule has 1 saturated heterocycles. The summed E-state index contributed by atoms with van der Waals surface area (Å²) in [5, 5.41) is 3.44. The van der Waals surface area contributed by atoms with Crippen molar-refractivity contribution in [3.63, 3.8) is 0 Å². The van der Waals surface area contributed by atoms with E-state index in [4.69, 9.17) is 0 Å². The highest BCUT2D eigenvalue weighted by molar-refractivity contribution is 5.95. The van der Waals surface area contributed by atoms with E-state index in [1.165, 1.54) is 29.5 Å². The highest BCUT2D eigenvalue weighted by Gasteiger charge is 2.18. The summed E-state index contributed by atoms with van der Waals surface area (Å²) in [7, 11) is 0. The van der Waals surface area contributed by atoms with Gasteiger partial charge in [-0.3, -0.25) is 9.78 Å². The minimum absolute atomic E-state index is 0.0930. The molecule has 1 aliphatic heterocycles. The summed E-state index contributed by atoms with van der Waals surface area (Å²) in [6.45, 7) is 8.01. The van der Waals surface area contributed by atoms with E-state index in [0.717, 1.165) is 37.3 Å². The predicted octanol–water partition coefficient (Wildman–Crippen LogP) is 4.77. The van der Waals surface area contributed by atoms with Crippen molar-refractivity contribution in [1.82, 2.24) is 9.88 Å². The Balaban J connectivity index is 1.81. The Morgan fingerprint density at radius 1 is 0.960 bits per heavy atom. The molecule has 1 aliphatic rings. The number of benzene rings is 1. The number of anilines is 2. The van der Waals surface area contributed by atoms with Gasteiger partial charge in [-0.05, 0) is 50.8 Å². The molecule has 25 heavy (non-hydrogen) atoms. The van der Waals surface area contributed by atoms with Crippen molar-refractivity contribution >= 4 is 17.3 Å². The van der Waals surface area contributed by atoms with Crippen LogP contribution in [0.4, 0.5) is 11.4 Å². The second-order valence-electron chi connectivity index (χ2n) is 7.07. The topological polar surface area (TPSA) is 45.2 Å². The Bertz CT molecular complexity index is 738. The number of likely N-dealkylation sites (tertiary alicyclic amines) is 1. The maximum Gasteiger partial charge on any atom is 0.255 e. The number of carbonyl (C=O) groups is 1. The van der Waals surface area contributed by atoms with E-state index in [2.05, 4.69) is 43.2 Å². The van der Waals surface area contributed by atoms with E-state index in [0.29, 0.717) is 5.56 Å². The molecule has 1 N–H and O–H groups in total. The zero-order valence-corrected chi connectivity index (χ0v) is 15.4. The highest BCUT2D eigenvalue weighted by Crippen LogP contribution is 2.26. The van der Waals surface area contributed by atoms with Crippen LogP contribution in [0.1, 0.15) is 52.7 Å². The summed E-state index contributed by atoms with van der Waals surface area (Å²) >= 11 is 0. The number of aryl methyl sites for hydroxylation is 3. The van der Waals surface area contributed by atoms with Gasteiger partial charge in [0, 0.05) is 25.0 Å². The van der Waals surface area contributed by atoms with E-state index in [1.54, 1.807) is 12.4 Å². The average molecular weight is 337 g/mol. The van der Waals surface area contributed by atoms with Crippen molar-refractivity contribution in [1.29, 1.82) is 0 Å². The van der Waals surface area contributed by atoms with E-state index in [-0.39, 0.29) is 5.91 Å². The molecule has 0 unspecified atom stereocenters. The maximum absolute atomic E-state index is 12.8. The number of rotatable bonds is 3. The van der Waals surface area contributed by atoms with Gasteiger partial charge in [0.2, 0.25) is 0 Å². The molecule has 0 aliphatic carbocycles. The van der Waals surface area contributed by atoms with Crippen LogP contribution in [0.25, 0.3) is 0 Å². The Labute approximate surface area is 150 Å². The first-order chi connectivity index (χ1) is 12.0. The molecule has 0 atom stereocenters. The molecule has 132 valence electrons. The molecule has 1 amide bonds. The molecule has 2 heterocycles. The molecule has 0 saturated carbocycles. The number of carbonyl (C=O) groups excluding carboxylic acids is 1. The number of hydrogen-bond acceptors (Lipinski definition) is 3. The number of amides is 1. The van der Waals surface area contributed by atoms with Crippen LogP contribution < -0.4 is 5.32 Å². The number of nitrogens with one attached hydrogen (secondary N) is 1. The second kappa shape index (κ2) is 7.68. The lowest BCUT2D eigenvalue weighted by Crippen LogP contribution is -2.31. The number of pyridine rings is 1. The minimum Gasteiger partial charge on any atom is -0.354 e. The van der Waals surface area contributed by atoms with Crippen LogP contribution in [0.3, 0.4) is 0 Å². The molecule has 4 nitrogen and oxygen atoms in total. The molecule has 0 radical (unpaired) electrons. The van der Waals surface area contributed by atoms with Crippen LogP contribution in [0, 0.1) is 20.8 Å². The Morgan fingerprint density at radius 2 is 1.60 bits per heavy atom. The van der Waals surface area contributed by atoms with Crippen molar-refractivity contribution in [2.24, 2.45) is 0 Å². The van der Waals surface area contributed by atoms with Gasteiger partial charge in [-0.15, -0.1) is 0 Å². The summed E-state index contributed by atoms with van der Waals surface area (Å²) in [4.78, 5) is 19.0. The molecule has 1 aromatic carbocycles. The smallest absolute Gasteiger partial charge is 0.255 e. The molecule has 1 aromatic heterocycles. The monoisotopic (exact) mass is 337 g/mol.